The molecule has 9 nitrogen and oxygen atoms in total. The van der Waals surface area contributed by atoms with Crippen LogP contribution in [0.4, 0.5) is 11.5 Å². The highest BCUT2D eigenvalue weighted by Gasteiger charge is 2.55. The number of hydrogen-bond donors (Lipinski definition) is 1. The minimum Gasteiger partial charge on any atom is -0.366 e. The quantitative estimate of drug-likeness (QED) is 0.316. The maximum atomic E-state index is 14.6. The van der Waals surface area contributed by atoms with Crippen LogP contribution in [-0.4, -0.2) is 85.8 Å². The van der Waals surface area contributed by atoms with Crippen molar-refractivity contribution in [3.8, 4) is 11.3 Å². The van der Waals surface area contributed by atoms with Gasteiger partial charge in [-0.3, -0.25) is 9.59 Å². The Kier molecular flexibility index (Phi) is 7.43. The SMILES string of the molecule is CC(C)n1cnc2cc(-c3ccc4c(c3)N(C3CC(N5CCCCC5)C3)C(=O)C43CCN(C(=O)CBr)CC3)nc(NC3CC3)c21. The molecule has 5 aliphatic rings. The number of aromatic nitrogens is 3. The van der Waals surface area contributed by atoms with Gasteiger partial charge >= 0.3 is 0 Å². The molecular weight excluding hydrogens is 630 g/mol. The molecule has 1 aromatic carbocycles. The van der Waals surface area contributed by atoms with Gasteiger partial charge < -0.3 is 24.6 Å². The minimum atomic E-state index is -0.570. The molecule has 1 N–H and O–H groups in total. The van der Waals surface area contributed by atoms with Crippen molar-refractivity contribution in [2.24, 2.45) is 0 Å². The summed E-state index contributed by atoms with van der Waals surface area (Å²) in [6.07, 6.45) is 11.6. The molecule has 0 atom stereocenters. The zero-order valence-electron chi connectivity index (χ0n) is 26.5. The van der Waals surface area contributed by atoms with Gasteiger partial charge in [0.25, 0.3) is 0 Å². The number of hydrogen-bond acceptors (Lipinski definition) is 6. The number of carbonyl (C=O) groups is 2. The topological polar surface area (TPSA) is 86.6 Å². The monoisotopic (exact) mass is 673 g/mol. The Balaban J connectivity index is 1.16. The molecule has 45 heavy (non-hydrogen) atoms. The first-order chi connectivity index (χ1) is 21.9. The molecule has 238 valence electrons. The highest BCUT2D eigenvalue weighted by atomic mass is 79.9. The van der Waals surface area contributed by atoms with Crippen LogP contribution in [0.25, 0.3) is 22.3 Å². The van der Waals surface area contributed by atoms with Gasteiger partial charge in [-0.25, -0.2) is 9.97 Å². The predicted octanol–water partition coefficient (Wildman–Crippen LogP) is 5.87. The van der Waals surface area contributed by atoms with Gasteiger partial charge in [0.15, 0.2) is 5.82 Å². The Morgan fingerprint density at radius 3 is 2.49 bits per heavy atom. The van der Waals surface area contributed by atoms with E-state index in [0.717, 1.165) is 52.2 Å². The lowest BCUT2D eigenvalue weighted by molar-refractivity contribution is -0.133. The standard InChI is InChI=1S/C35H44BrN7O2/c1-22(2)42-21-37-29-19-28(39-33(32(29)42)38-24-7-8-24)23-6-9-27-30(16-23)43(26-17-25(18-26)40-12-4-3-5-13-40)34(45)35(27)10-14-41(15-11-35)31(44)20-36/h6,9,16,19,21-22,24-26H,3-5,7-8,10-15,17-18,20H2,1-2H3,(H,38,39). The van der Waals surface area contributed by atoms with E-state index in [4.69, 9.17) is 9.97 Å². The number of amides is 2. The molecule has 4 fully saturated rings. The molecule has 2 saturated carbocycles. The molecule has 2 saturated heterocycles. The van der Waals surface area contributed by atoms with Crippen LogP contribution in [0.1, 0.15) is 83.2 Å². The van der Waals surface area contributed by atoms with Crippen molar-refractivity contribution >= 4 is 50.3 Å². The van der Waals surface area contributed by atoms with Crippen LogP contribution in [-0.2, 0) is 15.0 Å². The average Bonchev–Trinajstić information content (AvgIpc) is 3.70. The van der Waals surface area contributed by atoms with E-state index in [-0.39, 0.29) is 23.9 Å². The Morgan fingerprint density at radius 2 is 1.80 bits per heavy atom. The fraction of sp³-hybridized carbons (Fsp3) is 0.600. The third kappa shape index (κ3) is 4.98. The lowest BCUT2D eigenvalue weighted by Gasteiger charge is -2.48. The smallest absolute Gasteiger partial charge is 0.238 e. The highest BCUT2D eigenvalue weighted by Crippen LogP contribution is 2.52. The number of nitrogens with one attached hydrogen (secondary N) is 1. The summed E-state index contributed by atoms with van der Waals surface area (Å²) < 4.78 is 2.20. The third-order valence-corrected chi connectivity index (χ3v) is 11.6. The van der Waals surface area contributed by atoms with E-state index in [1.165, 1.54) is 45.2 Å². The molecule has 0 unspecified atom stereocenters. The van der Waals surface area contributed by atoms with Gasteiger partial charge in [-0.1, -0.05) is 34.5 Å². The Hall–Kier alpha value is -2.98. The van der Waals surface area contributed by atoms with Crippen LogP contribution in [0.15, 0.2) is 30.6 Å². The van der Waals surface area contributed by atoms with E-state index in [9.17, 15) is 9.59 Å². The largest absolute Gasteiger partial charge is 0.366 e. The number of anilines is 2. The first-order valence-electron chi connectivity index (χ1n) is 17.1. The number of benzene rings is 1. The van der Waals surface area contributed by atoms with Gasteiger partial charge in [-0.2, -0.15) is 0 Å². The molecule has 10 heteroatoms. The second kappa shape index (κ2) is 11.4. The maximum absolute atomic E-state index is 14.6. The lowest BCUT2D eigenvalue weighted by Crippen LogP contribution is -2.58. The molecule has 0 radical (unpaired) electrons. The van der Waals surface area contributed by atoms with Gasteiger partial charge in [-0.15, -0.1) is 0 Å². The number of pyridine rings is 1. The molecule has 1 spiro atoms. The summed E-state index contributed by atoms with van der Waals surface area (Å²) in [5.41, 5.74) is 5.50. The van der Waals surface area contributed by atoms with E-state index in [2.05, 4.69) is 73.7 Å². The molecular formula is C35H44BrN7O2. The van der Waals surface area contributed by atoms with Gasteiger partial charge in [0.1, 0.15) is 5.52 Å². The van der Waals surface area contributed by atoms with Gasteiger partial charge in [0, 0.05) is 48.5 Å². The summed E-state index contributed by atoms with van der Waals surface area (Å²) in [7, 11) is 0. The average molecular weight is 675 g/mol. The van der Waals surface area contributed by atoms with Crippen LogP contribution in [0.5, 0.6) is 0 Å². The van der Waals surface area contributed by atoms with Crippen molar-refractivity contribution in [2.75, 3.05) is 41.7 Å². The van der Waals surface area contributed by atoms with E-state index < -0.39 is 5.41 Å². The first kappa shape index (κ1) is 29.4. The Bertz CT molecular complexity index is 1630. The zero-order chi connectivity index (χ0) is 30.9. The van der Waals surface area contributed by atoms with E-state index in [0.29, 0.717) is 43.3 Å². The van der Waals surface area contributed by atoms with Gasteiger partial charge in [0.05, 0.1) is 28.3 Å². The summed E-state index contributed by atoms with van der Waals surface area (Å²) in [6, 6.07) is 10.2. The summed E-state index contributed by atoms with van der Waals surface area (Å²) in [5.74, 6) is 1.23. The van der Waals surface area contributed by atoms with Crippen molar-refractivity contribution in [3.05, 3.63) is 36.2 Å². The van der Waals surface area contributed by atoms with Crippen molar-refractivity contribution in [2.45, 2.75) is 101 Å². The number of fused-ring (bicyclic) bond motifs is 3. The molecule has 3 aromatic rings. The van der Waals surface area contributed by atoms with Crippen LogP contribution >= 0.6 is 15.9 Å². The molecule has 0 bridgehead atoms. The van der Waals surface area contributed by atoms with Crippen LogP contribution in [0.2, 0.25) is 0 Å². The highest BCUT2D eigenvalue weighted by molar-refractivity contribution is 9.09. The number of likely N-dealkylation sites (tertiary alicyclic amines) is 2. The van der Waals surface area contributed by atoms with E-state index in [1.807, 2.05) is 11.2 Å². The lowest BCUT2D eigenvalue weighted by atomic mass is 9.73. The fourth-order valence-corrected chi connectivity index (χ4v) is 8.65. The number of nitrogens with zero attached hydrogens (tertiary/aromatic N) is 6. The number of halogens is 1. The molecule has 5 heterocycles. The van der Waals surface area contributed by atoms with Gasteiger partial charge in [-0.05, 0) is 96.0 Å². The number of rotatable bonds is 7. The van der Waals surface area contributed by atoms with Crippen molar-refractivity contribution in [1.82, 2.24) is 24.3 Å². The number of piperidine rings is 2. The normalized spacial score (nSPS) is 24.8. The van der Waals surface area contributed by atoms with Crippen LogP contribution in [0.3, 0.4) is 0 Å². The van der Waals surface area contributed by atoms with Crippen molar-refractivity contribution in [3.63, 3.8) is 0 Å². The Morgan fingerprint density at radius 1 is 1.04 bits per heavy atom. The van der Waals surface area contributed by atoms with Gasteiger partial charge in [0.2, 0.25) is 11.8 Å². The van der Waals surface area contributed by atoms with Crippen molar-refractivity contribution in [1.29, 1.82) is 0 Å². The number of carbonyl (C=O) groups excluding carboxylic acids is 2. The maximum Gasteiger partial charge on any atom is 0.238 e. The number of alkyl halides is 1. The summed E-state index contributed by atoms with van der Waals surface area (Å²) in [6.45, 7) is 7.94. The van der Waals surface area contributed by atoms with Crippen LogP contribution in [0, 0.1) is 0 Å². The first-order valence-corrected chi connectivity index (χ1v) is 18.2. The molecule has 3 aliphatic heterocycles. The summed E-state index contributed by atoms with van der Waals surface area (Å²) >= 11 is 3.34. The summed E-state index contributed by atoms with van der Waals surface area (Å²) in [5, 5.41) is 4.00. The second-order valence-electron chi connectivity index (χ2n) is 14.3. The van der Waals surface area contributed by atoms with E-state index in [1.54, 1.807) is 0 Å². The summed E-state index contributed by atoms with van der Waals surface area (Å²) in [4.78, 5) is 43.9. The van der Waals surface area contributed by atoms with Crippen LogP contribution < -0.4 is 10.2 Å². The Labute approximate surface area is 273 Å². The van der Waals surface area contributed by atoms with Crippen molar-refractivity contribution < 1.29 is 9.59 Å². The molecule has 2 amide bonds. The second-order valence-corrected chi connectivity index (χ2v) is 14.8. The fourth-order valence-electron chi connectivity index (χ4n) is 8.29. The third-order valence-electron chi connectivity index (χ3n) is 11.2. The zero-order valence-corrected chi connectivity index (χ0v) is 28.1. The number of imidazole rings is 1. The minimum absolute atomic E-state index is 0.100. The molecule has 2 aromatic heterocycles. The predicted molar refractivity (Wildman–Crippen MR) is 181 cm³/mol. The molecule has 2 aliphatic carbocycles. The molecule has 8 rings (SSSR count). The van der Waals surface area contributed by atoms with E-state index >= 15 is 0 Å².